The van der Waals surface area contributed by atoms with Crippen LogP contribution in [0.5, 0.6) is 0 Å². The fourth-order valence-electron chi connectivity index (χ4n) is 4.24. The van der Waals surface area contributed by atoms with Gasteiger partial charge >= 0.3 is 0 Å². The molecule has 0 radical (unpaired) electrons. The molecule has 2 aromatic carbocycles. The van der Waals surface area contributed by atoms with Crippen molar-refractivity contribution in [3.63, 3.8) is 0 Å². The zero-order chi connectivity index (χ0) is 21.3. The summed E-state index contributed by atoms with van der Waals surface area (Å²) in [7, 11) is 1.52. The minimum atomic E-state index is -0.752. The number of hydrogen-bond donors (Lipinski definition) is 1. The van der Waals surface area contributed by atoms with Gasteiger partial charge in [-0.15, -0.1) is 0 Å². The molecule has 1 heterocycles. The third-order valence-electron chi connectivity index (χ3n) is 5.59. The normalized spacial score (nSPS) is 16.1. The second-order valence-electron chi connectivity index (χ2n) is 7.58. The molecule has 1 aliphatic carbocycles. The van der Waals surface area contributed by atoms with Gasteiger partial charge in [0.2, 0.25) is 0 Å². The van der Waals surface area contributed by atoms with Gasteiger partial charge in [-0.3, -0.25) is 4.79 Å². The molecule has 7 heteroatoms. The third kappa shape index (κ3) is 3.84. The van der Waals surface area contributed by atoms with Crippen LogP contribution in [-0.4, -0.2) is 22.7 Å². The molecule has 4 rings (SSSR count). The maximum Gasteiger partial charge on any atom is 0.271 e. The number of aromatic nitrogens is 2. The highest BCUT2D eigenvalue weighted by molar-refractivity contribution is 5.94. The van der Waals surface area contributed by atoms with E-state index >= 15 is 0 Å². The summed E-state index contributed by atoms with van der Waals surface area (Å²) in [4.78, 5) is 12.5. The lowest BCUT2D eigenvalue weighted by Gasteiger charge is -2.19. The molecular formula is C23H22F3N3O. The van der Waals surface area contributed by atoms with Crippen molar-refractivity contribution >= 4 is 5.91 Å². The number of hydrogen-bond acceptors (Lipinski definition) is 2. The topological polar surface area (TPSA) is 46.9 Å². The van der Waals surface area contributed by atoms with E-state index in [1.54, 1.807) is 6.07 Å². The average molecular weight is 413 g/mol. The average Bonchev–Trinajstić information content (AvgIpc) is 2.96. The van der Waals surface area contributed by atoms with E-state index in [0.29, 0.717) is 12.8 Å². The summed E-state index contributed by atoms with van der Waals surface area (Å²) in [6.45, 7) is 0. The van der Waals surface area contributed by atoms with Crippen LogP contribution >= 0.6 is 0 Å². The summed E-state index contributed by atoms with van der Waals surface area (Å²) in [5.74, 6) is -2.18. The van der Waals surface area contributed by atoms with Crippen molar-refractivity contribution in [3.8, 4) is 5.69 Å². The van der Waals surface area contributed by atoms with Gasteiger partial charge in [-0.25, -0.2) is 17.9 Å². The molecule has 1 unspecified atom stereocenters. The molecule has 0 fully saturated rings. The quantitative estimate of drug-likeness (QED) is 0.630. The molecule has 1 amide bonds. The second-order valence-corrected chi connectivity index (χ2v) is 7.58. The number of benzene rings is 2. The van der Waals surface area contributed by atoms with Crippen LogP contribution in [0.25, 0.3) is 5.69 Å². The van der Waals surface area contributed by atoms with Crippen LogP contribution in [0.4, 0.5) is 13.2 Å². The van der Waals surface area contributed by atoms with Crippen molar-refractivity contribution < 1.29 is 18.0 Å². The molecule has 1 N–H and O–H groups in total. The molecule has 3 aromatic rings. The van der Waals surface area contributed by atoms with E-state index in [4.69, 9.17) is 0 Å². The van der Waals surface area contributed by atoms with Crippen molar-refractivity contribution in [1.29, 1.82) is 0 Å². The monoisotopic (exact) mass is 413 g/mol. The Morgan fingerprint density at radius 3 is 2.67 bits per heavy atom. The molecule has 1 aliphatic rings. The lowest BCUT2D eigenvalue weighted by atomic mass is 9.90. The first-order chi connectivity index (χ1) is 14.5. The van der Waals surface area contributed by atoms with E-state index in [1.807, 2.05) is 6.07 Å². The predicted octanol–water partition coefficient (Wildman–Crippen LogP) is 4.70. The van der Waals surface area contributed by atoms with Crippen molar-refractivity contribution in [1.82, 2.24) is 15.1 Å². The van der Waals surface area contributed by atoms with Crippen LogP contribution in [0.1, 0.15) is 52.5 Å². The van der Waals surface area contributed by atoms with Crippen molar-refractivity contribution in [2.24, 2.45) is 0 Å². The summed E-state index contributed by atoms with van der Waals surface area (Å²) < 4.78 is 43.3. The van der Waals surface area contributed by atoms with Gasteiger partial charge in [-0.1, -0.05) is 18.6 Å². The van der Waals surface area contributed by atoms with Crippen LogP contribution < -0.4 is 5.32 Å². The van der Waals surface area contributed by atoms with Crippen molar-refractivity contribution in [2.45, 2.75) is 38.0 Å². The largest absolute Gasteiger partial charge is 0.354 e. The first-order valence-electron chi connectivity index (χ1n) is 10.0. The lowest BCUT2D eigenvalue weighted by Crippen LogP contribution is -2.20. The number of carbonyl (C=O) groups excluding carboxylic acids is 1. The highest BCUT2D eigenvalue weighted by Gasteiger charge is 2.31. The number of rotatable bonds is 4. The summed E-state index contributed by atoms with van der Waals surface area (Å²) in [5, 5.41) is 7.04. The highest BCUT2D eigenvalue weighted by atomic mass is 19.1. The van der Waals surface area contributed by atoms with Gasteiger partial charge in [0.25, 0.3) is 5.91 Å². The zero-order valence-corrected chi connectivity index (χ0v) is 16.6. The highest BCUT2D eigenvalue weighted by Crippen LogP contribution is 2.37. The Hall–Kier alpha value is -3.09. The maximum atomic E-state index is 14.7. The maximum absolute atomic E-state index is 14.7. The minimum Gasteiger partial charge on any atom is -0.354 e. The number of nitrogens with zero attached hydrogens (tertiary/aromatic N) is 2. The predicted molar refractivity (Wildman–Crippen MR) is 107 cm³/mol. The number of fused-ring (bicyclic) bond motifs is 1. The lowest BCUT2D eigenvalue weighted by molar-refractivity contribution is 0.0956. The number of amides is 1. The third-order valence-corrected chi connectivity index (χ3v) is 5.59. The SMILES string of the molecule is CNC(=O)c1nn(-c2ccc(F)cc2F)c2c1CCCCC2Cc1cccc(F)c1. The van der Waals surface area contributed by atoms with Gasteiger partial charge < -0.3 is 5.32 Å². The first kappa shape index (κ1) is 20.2. The zero-order valence-electron chi connectivity index (χ0n) is 16.6. The fourth-order valence-corrected chi connectivity index (χ4v) is 4.24. The van der Waals surface area contributed by atoms with Gasteiger partial charge in [0.05, 0.1) is 5.69 Å². The number of nitrogens with one attached hydrogen (secondary N) is 1. The smallest absolute Gasteiger partial charge is 0.271 e. The van der Waals surface area contributed by atoms with Crippen molar-refractivity contribution in [2.75, 3.05) is 7.05 Å². The molecule has 0 saturated carbocycles. The fraction of sp³-hybridized carbons (Fsp3) is 0.304. The van der Waals surface area contributed by atoms with Crippen LogP contribution in [0.3, 0.4) is 0 Å². The summed E-state index contributed by atoms with van der Waals surface area (Å²) in [6.07, 6.45) is 3.76. The van der Waals surface area contributed by atoms with Gasteiger partial charge in [0.15, 0.2) is 11.5 Å². The molecule has 0 bridgehead atoms. The molecular weight excluding hydrogens is 391 g/mol. The molecule has 0 aliphatic heterocycles. The van der Waals surface area contributed by atoms with E-state index in [1.165, 1.54) is 36.0 Å². The molecule has 0 saturated heterocycles. The van der Waals surface area contributed by atoms with Crippen LogP contribution in [0.2, 0.25) is 0 Å². The van der Waals surface area contributed by atoms with Gasteiger partial charge in [0.1, 0.15) is 17.3 Å². The Labute approximate surface area is 172 Å². The van der Waals surface area contributed by atoms with Crippen LogP contribution in [0, 0.1) is 17.5 Å². The Morgan fingerprint density at radius 1 is 1.13 bits per heavy atom. The van der Waals surface area contributed by atoms with Crippen molar-refractivity contribution in [3.05, 3.63) is 82.4 Å². The number of halogens is 3. The van der Waals surface area contributed by atoms with E-state index in [0.717, 1.165) is 42.1 Å². The molecule has 30 heavy (non-hydrogen) atoms. The van der Waals surface area contributed by atoms with Gasteiger partial charge in [0, 0.05) is 24.6 Å². The molecule has 1 atom stereocenters. The molecule has 4 nitrogen and oxygen atoms in total. The van der Waals surface area contributed by atoms with Gasteiger partial charge in [-0.05, 0) is 55.5 Å². The van der Waals surface area contributed by atoms with Crippen LogP contribution in [-0.2, 0) is 12.8 Å². The van der Waals surface area contributed by atoms with Crippen LogP contribution in [0.15, 0.2) is 42.5 Å². The Kier molecular flexibility index (Phi) is 5.61. The molecule has 0 spiro atoms. The second kappa shape index (κ2) is 8.34. The first-order valence-corrected chi connectivity index (χ1v) is 10.0. The van der Waals surface area contributed by atoms with E-state index in [-0.39, 0.29) is 29.0 Å². The summed E-state index contributed by atoms with van der Waals surface area (Å²) >= 11 is 0. The Morgan fingerprint density at radius 2 is 1.93 bits per heavy atom. The minimum absolute atomic E-state index is 0.0836. The van der Waals surface area contributed by atoms with Gasteiger partial charge in [-0.2, -0.15) is 5.10 Å². The Bertz CT molecular complexity index is 1090. The summed E-state index contributed by atoms with van der Waals surface area (Å²) in [5.41, 5.74) is 2.68. The van der Waals surface area contributed by atoms with E-state index in [2.05, 4.69) is 10.4 Å². The van der Waals surface area contributed by atoms with E-state index < -0.39 is 11.6 Å². The number of carbonyl (C=O) groups is 1. The standard InChI is InChI=1S/C23H22F3N3O/c1-27-23(30)21-18-8-3-2-6-15(11-14-5-4-7-16(24)12-14)22(18)29(28-21)20-10-9-17(25)13-19(20)26/h4-5,7,9-10,12-13,15H,2-3,6,8,11H2,1H3,(H,27,30). The summed E-state index contributed by atoms with van der Waals surface area (Å²) in [6, 6.07) is 9.70. The Balaban J connectivity index is 1.88. The van der Waals surface area contributed by atoms with E-state index in [9.17, 15) is 18.0 Å². The molecule has 1 aromatic heterocycles. The molecule has 156 valence electrons.